The van der Waals surface area contributed by atoms with Gasteiger partial charge in [0.05, 0.1) is 19.3 Å². The molecule has 2 aromatic carbocycles. The Balaban J connectivity index is 1.60. The summed E-state index contributed by atoms with van der Waals surface area (Å²) < 4.78 is 11.5. The molecule has 0 saturated carbocycles. The maximum absolute atomic E-state index is 12.5. The first-order valence-electron chi connectivity index (χ1n) is 9.86. The van der Waals surface area contributed by atoms with E-state index >= 15 is 0 Å². The average molecular weight is 367 g/mol. The molecular weight excluding hydrogens is 338 g/mol. The molecular formula is C23H29NO3. The van der Waals surface area contributed by atoms with Gasteiger partial charge in [-0.2, -0.15) is 0 Å². The second-order valence-corrected chi connectivity index (χ2v) is 7.39. The van der Waals surface area contributed by atoms with E-state index in [4.69, 9.17) is 9.47 Å². The van der Waals surface area contributed by atoms with Crippen molar-refractivity contribution in [1.29, 1.82) is 0 Å². The van der Waals surface area contributed by atoms with Gasteiger partial charge < -0.3 is 14.8 Å². The minimum absolute atomic E-state index is 0.0358. The highest BCUT2D eigenvalue weighted by molar-refractivity contribution is 5.76. The molecule has 0 aromatic heterocycles. The van der Waals surface area contributed by atoms with Crippen LogP contribution in [-0.2, 0) is 11.2 Å². The monoisotopic (exact) mass is 367 g/mol. The quantitative estimate of drug-likeness (QED) is 0.773. The number of hydrogen-bond acceptors (Lipinski definition) is 3. The third-order valence-corrected chi connectivity index (χ3v) is 4.83. The van der Waals surface area contributed by atoms with Crippen LogP contribution in [0.1, 0.15) is 50.3 Å². The van der Waals surface area contributed by atoms with Crippen LogP contribution in [0.2, 0.25) is 0 Å². The topological polar surface area (TPSA) is 47.6 Å². The molecule has 1 heterocycles. The van der Waals surface area contributed by atoms with Crippen molar-refractivity contribution >= 4 is 5.91 Å². The van der Waals surface area contributed by atoms with Crippen LogP contribution in [0.4, 0.5) is 0 Å². The third-order valence-electron chi connectivity index (χ3n) is 4.83. The Kier molecular flexibility index (Phi) is 6.74. The summed E-state index contributed by atoms with van der Waals surface area (Å²) in [5, 5.41) is 3.21. The van der Waals surface area contributed by atoms with E-state index in [-0.39, 0.29) is 17.9 Å². The minimum Gasteiger partial charge on any atom is -0.490 e. The van der Waals surface area contributed by atoms with Gasteiger partial charge in [0.25, 0.3) is 0 Å². The molecule has 1 aliphatic heterocycles. The number of benzene rings is 2. The zero-order chi connectivity index (χ0) is 19.1. The van der Waals surface area contributed by atoms with Gasteiger partial charge in [-0.3, -0.25) is 4.79 Å². The van der Waals surface area contributed by atoms with Crippen LogP contribution in [-0.4, -0.2) is 19.1 Å². The first kappa shape index (κ1) is 19.3. The van der Waals surface area contributed by atoms with Gasteiger partial charge in [0.2, 0.25) is 5.91 Å². The molecule has 4 heteroatoms. The SMILES string of the molecule is CC(C)[C@H](NC(=O)CCCc1ccccc1)c1ccc2c(c1)OCCCO2. The molecule has 3 rings (SSSR count). The van der Waals surface area contributed by atoms with E-state index in [1.165, 1.54) is 5.56 Å². The van der Waals surface area contributed by atoms with Crippen LogP contribution in [0.15, 0.2) is 48.5 Å². The van der Waals surface area contributed by atoms with Crippen molar-refractivity contribution in [1.82, 2.24) is 5.32 Å². The van der Waals surface area contributed by atoms with Crippen molar-refractivity contribution in [3.63, 3.8) is 0 Å². The number of hydrogen-bond donors (Lipinski definition) is 1. The smallest absolute Gasteiger partial charge is 0.220 e. The number of carbonyl (C=O) groups is 1. The molecule has 0 saturated heterocycles. The molecule has 0 fully saturated rings. The van der Waals surface area contributed by atoms with Crippen LogP contribution >= 0.6 is 0 Å². The van der Waals surface area contributed by atoms with E-state index in [1.807, 2.05) is 36.4 Å². The molecule has 27 heavy (non-hydrogen) atoms. The Morgan fingerprint density at radius 1 is 1.04 bits per heavy atom. The fraction of sp³-hybridized carbons (Fsp3) is 0.435. The second kappa shape index (κ2) is 9.45. The standard InChI is InChI=1S/C23H29NO3/c1-17(2)23(19-12-13-20-21(16-19)27-15-7-14-26-20)24-22(25)11-6-10-18-8-4-3-5-9-18/h3-5,8-9,12-13,16-17,23H,6-7,10-11,14-15H2,1-2H3,(H,24,25)/t23-/m0/s1. The Labute approximate surface area is 161 Å². The van der Waals surface area contributed by atoms with Gasteiger partial charge in [0, 0.05) is 12.8 Å². The lowest BCUT2D eigenvalue weighted by molar-refractivity contribution is -0.122. The summed E-state index contributed by atoms with van der Waals surface area (Å²) in [6.45, 7) is 5.59. The molecule has 0 unspecified atom stereocenters. The second-order valence-electron chi connectivity index (χ2n) is 7.39. The van der Waals surface area contributed by atoms with E-state index in [1.54, 1.807) is 0 Å². The van der Waals surface area contributed by atoms with Gasteiger partial charge in [0.1, 0.15) is 0 Å². The van der Waals surface area contributed by atoms with Gasteiger partial charge in [-0.05, 0) is 42.0 Å². The van der Waals surface area contributed by atoms with Gasteiger partial charge in [-0.1, -0.05) is 50.2 Å². The molecule has 0 radical (unpaired) electrons. The summed E-state index contributed by atoms with van der Waals surface area (Å²) in [5.41, 5.74) is 2.33. The van der Waals surface area contributed by atoms with Gasteiger partial charge >= 0.3 is 0 Å². The number of carbonyl (C=O) groups excluding carboxylic acids is 1. The van der Waals surface area contributed by atoms with Gasteiger partial charge in [0.15, 0.2) is 11.5 Å². The number of aryl methyl sites for hydroxylation is 1. The summed E-state index contributed by atoms with van der Waals surface area (Å²) in [4.78, 5) is 12.5. The Bertz CT molecular complexity index is 743. The lowest BCUT2D eigenvalue weighted by Crippen LogP contribution is -2.31. The fourth-order valence-electron chi connectivity index (χ4n) is 3.35. The van der Waals surface area contributed by atoms with Gasteiger partial charge in [-0.25, -0.2) is 0 Å². The van der Waals surface area contributed by atoms with Crippen LogP contribution in [0.5, 0.6) is 11.5 Å². The molecule has 2 aromatic rings. The van der Waals surface area contributed by atoms with E-state index in [0.29, 0.717) is 19.6 Å². The average Bonchev–Trinajstić information content (AvgIpc) is 2.91. The van der Waals surface area contributed by atoms with E-state index in [2.05, 4.69) is 31.3 Å². The van der Waals surface area contributed by atoms with Crippen LogP contribution in [0.25, 0.3) is 0 Å². The van der Waals surface area contributed by atoms with Crippen LogP contribution in [0, 0.1) is 5.92 Å². The highest BCUT2D eigenvalue weighted by atomic mass is 16.5. The normalized spacial score (nSPS) is 14.5. The summed E-state index contributed by atoms with van der Waals surface area (Å²) >= 11 is 0. The van der Waals surface area contributed by atoms with Crippen LogP contribution < -0.4 is 14.8 Å². The molecule has 1 atom stereocenters. The highest BCUT2D eigenvalue weighted by Gasteiger charge is 2.21. The van der Waals surface area contributed by atoms with E-state index in [0.717, 1.165) is 36.3 Å². The van der Waals surface area contributed by atoms with Crippen molar-refractivity contribution in [2.75, 3.05) is 13.2 Å². The van der Waals surface area contributed by atoms with Gasteiger partial charge in [-0.15, -0.1) is 0 Å². The zero-order valence-corrected chi connectivity index (χ0v) is 16.2. The van der Waals surface area contributed by atoms with Crippen LogP contribution in [0.3, 0.4) is 0 Å². The molecule has 4 nitrogen and oxygen atoms in total. The van der Waals surface area contributed by atoms with E-state index in [9.17, 15) is 4.79 Å². The fourth-order valence-corrected chi connectivity index (χ4v) is 3.35. The lowest BCUT2D eigenvalue weighted by Gasteiger charge is -2.24. The number of ether oxygens (including phenoxy) is 2. The predicted octanol–water partition coefficient (Wildman–Crippen LogP) is 4.68. The first-order chi connectivity index (χ1) is 13.1. The summed E-state index contributed by atoms with van der Waals surface area (Å²) in [6.07, 6.45) is 3.19. The maximum atomic E-state index is 12.5. The first-order valence-corrected chi connectivity index (χ1v) is 9.86. The van der Waals surface area contributed by atoms with E-state index < -0.39 is 0 Å². The number of amides is 1. The molecule has 1 amide bonds. The van der Waals surface area contributed by atoms with Crippen molar-refractivity contribution in [2.45, 2.75) is 45.6 Å². The summed E-state index contributed by atoms with van der Waals surface area (Å²) in [6, 6.07) is 16.2. The molecule has 1 aliphatic rings. The number of rotatable bonds is 7. The largest absolute Gasteiger partial charge is 0.490 e. The van der Waals surface area contributed by atoms with Crippen molar-refractivity contribution in [3.05, 3.63) is 59.7 Å². The highest BCUT2D eigenvalue weighted by Crippen LogP contribution is 2.34. The summed E-state index contributed by atoms with van der Waals surface area (Å²) in [7, 11) is 0. The lowest BCUT2D eigenvalue weighted by atomic mass is 9.95. The molecule has 0 bridgehead atoms. The maximum Gasteiger partial charge on any atom is 0.220 e. The third kappa shape index (κ3) is 5.49. The molecule has 0 spiro atoms. The minimum atomic E-state index is -0.0358. The Morgan fingerprint density at radius 2 is 1.78 bits per heavy atom. The van der Waals surface area contributed by atoms with Crippen molar-refractivity contribution in [3.8, 4) is 11.5 Å². The molecule has 0 aliphatic carbocycles. The molecule has 1 N–H and O–H groups in total. The number of fused-ring (bicyclic) bond motifs is 1. The molecule has 144 valence electrons. The summed E-state index contributed by atoms with van der Waals surface area (Å²) in [5.74, 6) is 1.94. The predicted molar refractivity (Wildman–Crippen MR) is 107 cm³/mol. The van der Waals surface area contributed by atoms with Crippen molar-refractivity contribution in [2.24, 2.45) is 5.92 Å². The zero-order valence-electron chi connectivity index (χ0n) is 16.2. The number of nitrogens with one attached hydrogen (secondary N) is 1. The Morgan fingerprint density at radius 3 is 2.52 bits per heavy atom. The van der Waals surface area contributed by atoms with Crippen molar-refractivity contribution < 1.29 is 14.3 Å². The Hall–Kier alpha value is -2.49.